The van der Waals surface area contributed by atoms with Gasteiger partial charge in [-0.3, -0.25) is 9.69 Å². The summed E-state index contributed by atoms with van der Waals surface area (Å²) in [7, 11) is 1.75. The van der Waals surface area contributed by atoms with Gasteiger partial charge in [-0.15, -0.1) is 11.3 Å². The first-order valence-corrected chi connectivity index (χ1v) is 9.00. The summed E-state index contributed by atoms with van der Waals surface area (Å²) in [5.74, 6) is -0.440. The van der Waals surface area contributed by atoms with Crippen LogP contribution < -0.4 is 5.32 Å². The van der Waals surface area contributed by atoms with E-state index in [2.05, 4.69) is 20.4 Å². The summed E-state index contributed by atoms with van der Waals surface area (Å²) in [6.07, 6.45) is -0.185. The van der Waals surface area contributed by atoms with Crippen LogP contribution in [0.15, 0.2) is 37.1 Å². The van der Waals surface area contributed by atoms with Gasteiger partial charge in [0.05, 0.1) is 28.5 Å². The van der Waals surface area contributed by atoms with Gasteiger partial charge in [0.15, 0.2) is 0 Å². The van der Waals surface area contributed by atoms with Gasteiger partial charge in [0.2, 0.25) is 5.91 Å². The lowest BCUT2D eigenvalue weighted by molar-refractivity contribution is -0.137. The predicted molar refractivity (Wildman–Crippen MR) is 98.2 cm³/mol. The average Bonchev–Trinajstić information content (AvgIpc) is 3.25. The Morgan fingerprint density at radius 1 is 1.36 bits per heavy atom. The number of rotatable bonds is 6. The Balaban J connectivity index is 1.76. The fourth-order valence-electron chi connectivity index (χ4n) is 2.58. The van der Waals surface area contributed by atoms with Gasteiger partial charge in [-0.2, -0.15) is 18.3 Å². The van der Waals surface area contributed by atoms with Crippen LogP contribution in [0.3, 0.4) is 0 Å². The Morgan fingerprint density at radius 3 is 2.75 bits per heavy atom. The van der Waals surface area contributed by atoms with Crippen molar-refractivity contribution in [3.05, 3.63) is 52.5 Å². The molecule has 2 aromatic heterocycles. The first-order chi connectivity index (χ1) is 13.2. The molecule has 0 aliphatic carbocycles. The van der Waals surface area contributed by atoms with Crippen LogP contribution in [0.4, 0.5) is 18.9 Å². The number of benzene rings is 1. The highest BCUT2D eigenvalue weighted by Gasteiger charge is 2.31. The molecule has 0 fully saturated rings. The van der Waals surface area contributed by atoms with Gasteiger partial charge < -0.3 is 5.32 Å². The van der Waals surface area contributed by atoms with Crippen molar-refractivity contribution in [2.45, 2.75) is 19.6 Å². The monoisotopic (exact) mass is 410 g/mol. The molecule has 0 unspecified atom stereocenters. The molecule has 28 heavy (non-hydrogen) atoms. The minimum atomic E-state index is -4.53. The van der Waals surface area contributed by atoms with E-state index in [-0.39, 0.29) is 12.2 Å². The van der Waals surface area contributed by atoms with E-state index < -0.39 is 17.6 Å². The number of aromatic nitrogens is 4. The molecule has 3 aromatic rings. The number of carbonyl (C=O) groups excluding carboxylic acids is 1. The van der Waals surface area contributed by atoms with Crippen molar-refractivity contribution >= 4 is 22.9 Å². The van der Waals surface area contributed by atoms with Gasteiger partial charge in [0.25, 0.3) is 0 Å². The lowest BCUT2D eigenvalue weighted by atomic mass is 10.1. The van der Waals surface area contributed by atoms with E-state index in [4.69, 9.17) is 0 Å². The van der Waals surface area contributed by atoms with Gasteiger partial charge in [0.1, 0.15) is 12.7 Å². The molecule has 0 aliphatic heterocycles. The Hall–Kier alpha value is -2.79. The van der Waals surface area contributed by atoms with Crippen molar-refractivity contribution in [2.75, 3.05) is 18.9 Å². The van der Waals surface area contributed by atoms with E-state index in [1.165, 1.54) is 34.7 Å². The molecule has 1 N–H and O–H groups in total. The van der Waals surface area contributed by atoms with Crippen LogP contribution >= 0.6 is 11.3 Å². The zero-order valence-electron chi connectivity index (χ0n) is 15.1. The normalized spacial score (nSPS) is 11.8. The largest absolute Gasteiger partial charge is 0.416 e. The molecular formula is C17H17F3N6OS. The molecule has 2 heterocycles. The lowest BCUT2D eigenvalue weighted by Crippen LogP contribution is -2.30. The second kappa shape index (κ2) is 8.07. The minimum Gasteiger partial charge on any atom is -0.323 e. The molecule has 1 amide bonds. The summed E-state index contributed by atoms with van der Waals surface area (Å²) < 4.78 is 40.5. The van der Waals surface area contributed by atoms with Crippen LogP contribution in [0, 0.1) is 6.92 Å². The number of nitrogens with zero attached hydrogens (tertiary/aromatic N) is 5. The first-order valence-electron chi connectivity index (χ1n) is 8.18. The molecule has 0 aliphatic rings. The molecule has 11 heteroatoms. The van der Waals surface area contributed by atoms with Gasteiger partial charge in [0, 0.05) is 17.6 Å². The van der Waals surface area contributed by atoms with Gasteiger partial charge in [-0.25, -0.2) is 14.6 Å². The molecule has 0 saturated heterocycles. The van der Waals surface area contributed by atoms with E-state index >= 15 is 0 Å². The Labute approximate surface area is 162 Å². The highest BCUT2D eigenvalue weighted by atomic mass is 32.1. The van der Waals surface area contributed by atoms with Crippen LogP contribution in [0.1, 0.15) is 15.4 Å². The summed E-state index contributed by atoms with van der Waals surface area (Å²) in [6, 6.07) is 3.07. The van der Waals surface area contributed by atoms with Crippen molar-refractivity contribution in [1.29, 1.82) is 0 Å². The maximum atomic E-state index is 13.1. The number of hydrogen-bond acceptors (Lipinski definition) is 6. The van der Waals surface area contributed by atoms with Gasteiger partial charge in [-0.05, 0) is 32.2 Å². The molecule has 7 nitrogen and oxygen atoms in total. The van der Waals surface area contributed by atoms with E-state index in [1.54, 1.807) is 18.1 Å². The summed E-state index contributed by atoms with van der Waals surface area (Å²) in [5, 5.41) is 7.40. The van der Waals surface area contributed by atoms with Crippen LogP contribution in [-0.4, -0.2) is 44.1 Å². The molecule has 1 aromatic carbocycles. The predicted octanol–water partition coefficient (Wildman–Crippen LogP) is 3.12. The Morgan fingerprint density at radius 2 is 2.14 bits per heavy atom. The summed E-state index contributed by atoms with van der Waals surface area (Å²) in [4.78, 5) is 23.1. The van der Waals surface area contributed by atoms with Crippen molar-refractivity contribution < 1.29 is 18.0 Å². The van der Waals surface area contributed by atoms with Crippen molar-refractivity contribution in [2.24, 2.45) is 0 Å². The van der Waals surface area contributed by atoms with Crippen LogP contribution in [-0.2, 0) is 17.5 Å². The zero-order chi connectivity index (χ0) is 20.3. The summed E-state index contributed by atoms with van der Waals surface area (Å²) in [5.41, 5.74) is -0.563. The van der Waals surface area contributed by atoms with Gasteiger partial charge in [-0.1, -0.05) is 0 Å². The third-order valence-electron chi connectivity index (χ3n) is 3.77. The van der Waals surface area contributed by atoms with Gasteiger partial charge >= 0.3 is 6.18 Å². The number of amides is 1. The molecule has 0 radical (unpaired) electrons. The molecule has 0 saturated carbocycles. The molecule has 3 rings (SSSR count). The third kappa shape index (κ3) is 4.93. The number of carbonyl (C=O) groups is 1. The fraction of sp³-hybridized carbons (Fsp3) is 0.294. The van der Waals surface area contributed by atoms with Crippen molar-refractivity contribution in [3.8, 4) is 5.69 Å². The Kier molecular flexibility index (Phi) is 5.75. The summed E-state index contributed by atoms with van der Waals surface area (Å²) >= 11 is 1.52. The topological polar surface area (TPSA) is 75.9 Å². The fourth-order valence-corrected chi connectivity index (χ4v) is 3.46. The molecule has 0 spiro atoms. The number of likely N-dealkylation sites (N-methyl/N-ethyl adjacent to an activating group) is 1. The number of aryl methyl sites for hydroxylation is 1. The number of nitrogens with one attached hydrogen (secondary N) is 1. The third-order valence-corrected chi connectivity index (χ3v) is 4.67. The second-order valence-corrected chi connectivity index (χ2v) is 7.46. The number of thiazole rings is 1. The molecule has 148 valence electrons. The average molecular weight is 410 g/mol. The highest BCUT2D eigenvalue weighted by Crippen LogP contribution is 2.33. The lowest BCUT2D eigenvalue weighted by Gasteiger charge is -2.17. The van der Waals surface area contributed by atoms with E-state index in [1.807, 2.05) is 6.92 Å². The molecule has 0 atom stereocenters. The SMILES string of the molecule is Cc1ncc(CN(C)CC(=O)Nc2cc(C(F)(F)F)ccc2-n2cncn2)s1. The number of anilines is 1. The van der Waals surface area contributed by atoms with Crippen molar-refractivity contribution in [1.82, 2.24) is 24.6 Å². The number of halogens is 3. The Bertz CT molecular complexity index is 954. The van der Waals surface area contributed by atoms with Crippen LogP contribution in [0.5, 0.6) is 0 Å². The van der Waals surface area contributed by atoms with Crippen LogP contribution in [0.2, 0.25) is 0 Å². The van der Waals surface area contributed by atoms with Crippen molar-refractivity contribution in [3.63, 3.8) is 0 Å². The number of hydrogen-bond donors (Lipinski definition) is 1. The summed E-state index contributed by atoms with van der Waals surface area (Å²) in [6.45, 7) is 2.40. The molecule has 0 bridgehead atoms. The van der Waals surface area contributed by atoms with E-state index in [9.17, 15) is 18.0 Å². The number of alkyl halides is 3. The quantitative estimate of drug-likeness (QED) is 0.676. The highest BCUT2D eigenvalue weighted by molar-refractivity contribution is 7.11. The smallest absolute Gasteiger partial charge is 0.323 e. The van der Waals surface area contributed by atoms with Crippen LogP contribution in [0.25, 0.3) is 5.69 Å². The van der Waals surface area contributed by atoms with E-state index in [0.717, 1.165) is 22.0 Å². The zero-order valence-corrected chi connectivity index (χ0v) is 15.9. The van der Waals surface area contributed by atoms with E-state index in [0.29, 0.717) is 12.2 Å². The molecular weight excluding hydrogens is 393 g/mol. The second-order valence-electron chi connectivity index (χ2n) is 6.14. The standard InChI is InChI=1S/C17H17F3N6OS/c1-11-22-6-13(28-11)7-25(2)8-16(27)24-14-5-12(17(18,19)20)3-4-15(14)26-10-21-9-23-26/h3-6,9-10H,7-8H2,1-2H3,(H,24,27). The first kappa shape index (κ1) is 20.0. The minimum absolute atomic E-state index is 0.00396. The maximum absolute atomic E-state index is 13.1. The maximum Gasteiger partial charge on any atom is 0.416 e.